The molecule has 0 saturated heterocycles. The minimum absolute atomic E-state index is 0.736. The lowest BCUT2D eigenvalue weighted by atomic mass is 10.3. The molecule has 106 valence electrons. The van der Waals surface area contributed by atoms with Crippen LogP contribution in [-0.2, 0) is 0 Å². The van der Waals surface area contributed by atoms with Crippen LogP contribution in [0.2, 0.25) is 0 Å². The molecule has 0 spiro atoms. The molecule has 0 atom stereocenters. The van der Waals surface area contributed by atoms with Crippen LogP contribution in [0.5, 0.6) is 17.2 Å². The van der Waals surface area contributed by atoms with E-state index in [1.807, 2.05) is 54.6 Å². The molecule has 0 bridgehead atoms. The van der Waals surface area contributed by atoms with Gasteiger partial charge in [0.2, 0.25) is 0 Å². The highest BCUT2D eigenvalue weighted by Gasteiger charge is 2.00. The lowest BCUT2D eigenvalue weighted by Crippen LogP contribution is -3.05. The molecule has 2 rings (SSSR count). The Morgan fingerprint density at radius 1 is 0.850 bits per heavy atom. The Hall–Kier alpha value is -2.00. The highest BCUT2D eigenvalue weighted by atomic mass is 16.5. The number of hydrogen-bond donors (Lipinski definition) is 1. The van der Waals surface area contributed by atoms with Gasteiger partial charge in [0.05, 0.1) is 27.2 Å². The van der Waals surface area contributed by atoms with Crippen molar-refractivity contribution in [3.63, 3.8) is 0 Å². The van der Waals surface area contributed by atoms with Crippen molar-refractivity contribution in [2.24, 2.45) is 0 Å². The maximum Gasteiger partial charge on any atom is 0.131 e. The summed E-state index contributed by atoms with van der Waals surface area (Å²) in [6.07, 6.45) is 1.05. The Morgan fingerprint density at radius 3 is 2.30 bits per heavy atom. The van der Waals surface area contributed by atoms with Crippen molar-refractivity contribution in [3.05, 3.63) is 54.6 Å². The van der Waals surface area contributed by atoms with E-state index in [-0.39, 0.29) is 0 Å². The summed E-state index contributed by atoms with van der Waals surface area (Å²) in [5.41, 5.74) is 0. The van der Waals surface area contributed by atoms with Crippen molar-refractivity contribution >= 4 is 0 Å². The van der Waals surface area contributed by atoms with Crippen molar-refractivity contribution in [2.75, 3.05) is 27.2 Å². The summed E-state index contributed by atoms with van der Waals surface area (Å²) < 4.78 is 11.5. The van der Waals surface area contributed by atoms with E-state index in [9.17, 15) is 0 Å². The number of para-hydroxylation sites is 1. The first-order valence-corrected chi connectivity index (χ1v) is 6.99. The van der Waals surface area contributed by atoms with E-state index in [1.165, 1.54) is 4.90 Å². The van der Waals surface area contributed by atoms with Gasteiger partial charge in [-0.1, -0.05) is 24.3 Å². The maximum absolute atomic E-state index is 5.78. The van der Waals surface area contributed by atoms with Crippen molar-refractivity contribution in [1.82, 2.24) is 0 Å². The van der Waals surface area contributed by atoms with E-state index in [4.69, 9.17) is 9.47 Å². The number of ether oxygens (including phenoxy) is 2. The Morgan fingerprint density at radius 2 is 1.55 bits per heavy atom. The molecule has 0 aliphatic heterocycles. The van der Waals surface area contributed by atoms with Gasteiger partial charge in [-0.25, -0.2) is 0 Å². The fourth-order valence-corrected chi connectivity index (χ4v) is 1.87. The van der Waals surface area contributed by atoms with E-state index in [1.54, 1.807) is 0 Å². The van der Waals surface area contributed by atoms with Gasteiger partial charge >= 0.3 is 0 Å². The second-order valence-corrected chi connectivity index (χ2v) is 5.05. The van der Waals surface area contributed by atoms with Crippen molar-refractivity contribution < 1.29 is 14.4 Å². The minimum atomic E-state index is 0.736. The van der Waals surface area contributed by atoms with Crippen LogP contribution in [0.25, 0.3) is 0 Å². The summed E-state index contributed by atoms with van der Waals surface area (Å²) in [4.78, 5) is 1.44. The first kappa shape index (κ1) is 14.4. The molecule has 20 heavy (non-hydrogen) atoms. The van der Waals surface area contributed by atoms with E-state index in [0.29, 0.717) is 0 Å². The van der Waals surface area contributed by atoms with Gasteiger partial charge in [0.25, 0.3) is 0 Å². The molecule has 3 heteroatoms. The van der Waals surface area contributed by atoms with Gasteiger partial charge in [-0.3, -0.25) is 0 Å². The first-order chi connectivity index (χ1) is 9.74. The molecule has 0 aromatic heterocycles. The van der Waals surface area contributed by atoms with Crippen LogP contribution in [0.3, 0.4) is 0 Å². The molecule has 0 radical (unpaired) electrons. The van der Waals surface area contributed by atoms with Crippen molar-refractivity contribution in [2.45, 2.75) is 6.42 Å². The minimum Gasteiger partial charge on any atom is -0.493 e. The Bertz CT molecular complexity index is 511. The Kier molecular flexibility index (Phi) is 5.44. The van der Waals surface area contributed by atoms with E-state index in [0.717, 1.165) is 36.8 Å². The number of rotatable bonds is 7. The van der Waals surface area contributed by atoms with Gasteiger partial charge in [0, 0.05) is 12.5 Å². The summed E-state index contributed by atoms with van der Waals surface area (Å²) in [6.45, 7) is 1.85. The zero-order valence-corrected chi connectivity index (χ0v) is 12.1. The average Bonchev–Trinajstić information content (AvgIpc) is 2.45. The fraction of sp³-hybridized carbons (Fsp3) is 0.294. The molecule has 0 fully saturated rings. The topological polar surface area (TPSA) is 22.9 Å². The molecule has 2 aromatic rings. The third-order valence-corrected chi connectivity index (χ3v) is 2.87. The monoisotopic (exact) mass is 272 g/mol. The van der Waals surface area contributed by atoms with Gasteiger partial charge in [-0.2, -0.15) is 0 Å². The van der Waals surface area contributed by atoms with Crippen LogP contribution in [0.4, 0.5) is 0 Å². The summed E-state index contributed by atoms with van der Waals surface area (Å²) in [5, 5.41) is 0. The number of quaternary nitrogens is 1. The molecular weight excluding hydrogens is 250 g/mol. The van der Waals surface area contributed by atoms with Gasteiger partial charge in [-0.05, 0) is 24.3 Å². The third-order valence-electron chi connectivity index (χ3n) is 2.87. The molecule has 0 amide bonds. The van der Waals surface area contributed by atoms with Gasteiger partial charge in [-0.15, -0.1) is 0 Å². The molecular formula is C17H22NO2+. The molecule has 1 N–H and O–H groups in total. The molecule has 0 heterocycles. The van der Waals surface area contributed by atoms with Crippen LogP contribution in [0.1, 0.15) is 6.42 Å². The molecule has 0 aliphatic carbocycles. The number of hydrogen-bond acceptors (Lipinski definition) is 2. The number of nitrogens with one attached hydrogen (secondary N) is 1. The summed E-state index contributed by atoms with van der Waals surface area (Å²) in [6, 6.07) is 17.5. The highest BCUT2D eigenvalue weighted by Crippen LogP contribution is 2.24. The SMILES string of the molecule is C[NH+](C)CCCOc1cccc(Oc2ccccc2)c1. The fourth-order valence-electron chi connectivity index (χ4n) is 1.87. The molecule has 0 aliphatic rings. The quantitative estimate of drug-likeness (QED) is 0.782. The van der Waals surface area contributed by atoms with Crippen molar-refractivity contribution in [1.29, 1.82) is 0 Å². The van der Waals surface area contributed by atoms with Gasteiger partial charge in [0.15, 0.2) is 0 Å². The first-order valence-electron chi connectivity index (χ1n) is 6.99. The van der Waals surface area contributed by atoms with Crippen LogP contribution >= 0.6 is 0 Å². The molecule has 0 unspecified atom stereocenters. The molecule has 0 saturated carbocycles. The lowest BCUT2D eigenvalue weighted by Gasteiger charge is -2.10. The standard InChI is InChI=1S/C17H21NO2/c1-18(2)12-7-13-19-16-10-6-11-17(14-16)20-15-8-4-3-5-9-15/h3-6,8-11,14H,7,12-13H2,1-2H3/p+1. The third kappa shape index (κ3) is 4.94. The lowest BCUT2D eigenvalue weighted by molar-refractivity contribution is -0.858. The predicted octanol–water partition coefficient (Wildman–Crippen LogP) is 2.39. The normalized spacial score (nSPS) is 10.6. The summed E-state index contributed by atoms with van der Waals surface area (Å²) in [7, 11) is 4.29. The summed E-state index contributed by atoms with van der Waals surface area (Å²) in [5.74, 6) is 2.49. The molecule has 3 nitrogen and oxygen atoms in total. The zero-order chi connectivity index (χ0) is 14.2. The van der Waals surface area contributed by atoms with Crippen LogP contribution in [0, 0.1) is 0 Å². The smallest absolute Gasteiger partial charge is 0.131 e. The van der Waals surface area contributed by atoms with E-state index in [2.05, 4.69) is 14.1 Å². The van der Waals surface area contributed by atoms with E-state index >= 15 is 0 Å². The Balaban J connectivity index is 1.88. The van der Waals surface area contributed by atoms with Crippen LogP contribution in [0.15, 0.2) is 54.6 Å². The zero-order valence-electron chi connectivity index (χ0n) is 12.1. The number of benzene rings is 2. The van der Waals surface area contributed by atoms with Crippen LogP contribution < -0.4 is 14.4 Å². The van der Waals surface area contributed by atoms with Crippen LogP contribution in [-0.4, -0.2) is 27.2 Å². The van der Waals surface area contributed by atoms with Gasteiger partial charge in [0.1, 0.15) is 17.2 Å². The largest absolute Gasteiger partial charge is 0.493 e. The predicted molar refractivity (Wildman–Crippen MR) is 80.7 cm³/mol. The van der Waals surface area contributed by atoms with E-state index < -0.39 is 0 Å². The highest BCUT2D eigenvalue weighted by molar-refractivity contribution is 5.36. The molecule has 2 aromatic carbocycles. The average molecular weight is 272 g/mol. The maximum atomic E-state index is 5.78. The van der Waals surface area contributed by atoms with Crippen molar-refractivity contribution in [3.8, 4) is 17.2 Å². The Labute approximate surface area is 120 Å². The second kappa shape index (κ2) is 7.56. The summed E-state index contributed by atoms with van der Waals surface area (Å²) >= 11 is 0. The second-order valence-electron chi connectivity index (χ2n) is 5.05. The van der Waals surface area contributed by atoms with Gasteiger partial charge < -0.3 is 14.4 Å².